The standard InChI is InChI=1S/C20H21FN4OS/c1-13-3-4-14(2)18-17(13)23-20(27-18)25-11-9-24(10-12-25)19(26)22-16-7-5-15(21)6-8-16/h3-8H,9-12H2,1-2H3,(H,22,26). The summed E-state index contributed by atoms with van der Waals surface area (Å²) in [6.07, 6.45) is 0. The van der Waals surface area contributed by atoms with Crippen LogP contribution in [0.5, 0.6) is 0 Å². The van der Waals surface area contributed by atoms with Crippen molar-refractivity contribution < 1.29 is 9.18 Å². The number of carbonyl (C=O) groups excluding carboxylic acids is 1. The van der Waals surface area contributed by atoms with Crippen LogP contribution in [0.1, 0.15) is 11.1 Å². The van der Waals surface area contributed by atoms with E-state index in [1.807, 2.05) is 0 Å². The third-order valence-corrected chi connectivity index (χ3v) is 6.12. The first-order valence-electron chi connectivity index (χ1n) is 8.94. The molecule has 1 N–H and O–H groups in total. The zero-order valence-electron chi connectivity index (χ0n) is 15.3. The van der Waals surface area contributed by atoms with E-state index in [9.17, 15) is 9.18 Å². The SMILES string of the molecule is Cc1ccc(C)c2sc(N3CCN(C(=O)Nc4ccc(F)cc4)CC3)nc12. The number of rotatable bonds is 2. The Morgan fingerprint density at radius 2 is 1.70 bits per heavy atom. The number of nitrogens with zero attached hydrogens (tertiary/aromatic N) is 3. The molecule has 0 spiro atoms. The van der Waals surface area contributed by atoms with E-state index in [0.29, 0.717) is 18.8 Å². The Morgan fingerprint density at radius 3 is 2.37 bits per heavy atom. The monoisotopic (exact) mass is 384 g/mol. The lowest BCUT2D eigenvalue weighted by molar-refractivity contribution is 0.208. The molecule has 140 valence electrons. The van der Waals surface area contributed by atoms with Crippen LogP contribution in [0.2, 0.25) is 0 Å². The largest absolute Gasteiger partial charge is 0.345 e. The number of anilines is 2. The molecule has 5 nitrogen and oxygen atoms in total. The number of carbonyl (C=O) groups is 1. The van der Waals surface area contributed by atoms with Crippen molar-refractivity contribution in [3.8, 4) is 0 Å². The first-order valence-corrected chi connectivity index (χ1v) is 9.76. The number of thiazole rings is 1. The molecule has 0 bridgehead atoms. The van der Waals surface area contributed by atoms with E-state index >= 15 is 0 Å². The van der Waals surface area contributed by atoms with Gasteiger partial charge in [0.1, 0.15) is 5.82 Å². The van der Waals surface area contributed by atoms with Crippen LogP contribution in [-0.2, 0) is 0 Å². The molecule has 2 aromatic carbocycles. The lowest BCUT2D eigenvalue weighted by Gasteiger charge is -2.34. The molecule has 0 saturated carbocycles. The highest BCUT2D eigenvalue weighted by Crippen LogP contribution is 2.33. The summed E-state index contributed by atoms with van der Waals surface area (Å²) in [5, 5.41) is 3.83. The Balaban J connectivity index is 1.41. The van der Waals surface area contributed by atoms with Gasteiger partial charge in [-0.2, -0.15) is 0 Å². The fourth-order valence-electron chi connectivity index (χ4n) is 3.22. The minimum absolute atomic E-state index is 0.155. The van der Waals surface area contributed by atoms with Crippen LogP contribution in [0.15, 0.2) is 36.4 Å². The molecular formula is C20H21FN4OS. The zero-order chi connectivity index (χ0) is 19.0. The molecule has 2 amide bonds. The number of halogens is 1. The smallest absolute Gasteiger partial charge is 0.321 e. The normalized spacial score (nSPS) is 14.6. The molecule has 1 saturated heterocycles. The van der Waals surface area contributed by atoms with Gasteiger partial charge in [-0.25, -0.2) is 14.2 Å². The van der Waals surface area contributed by atoms with Gasteiger partial charge in [0.05, 0.1) is 10.2 Å². The maximum absolute atomic E-state index is 13.0. The Bertz CT molecular complexity index is 939. The van der Waals surface area contributed by atoms with Gasteiger partial charge in [-0.05, 0) is 49.2 Å². The second-order valence-electron chi connectivity index (χ2n) is 6.78. The number of benzene rings is 2. The molecule has 27 heavy (non-hydrogen) atoms. The summed E-state index contributed by atoms with van der Waals surface area (Å²) in [7, 11) is 0. The number of hydrogen-bond donors (Lipinski definition) is 1. The first kappa shape index (κ1) is 17.7. The van der Waals surface area contributed by atoms with E-state index in [1.54, 1.807) is 28.4 Å². The van der Waals surface area contributed by atoms with Gasteiger partial charge < -0.3 is 15.1 Å². The number of nitrogens with one attached hydrogen (secondary N) is 1. The van der Waals surface area contributed by atoms with Gasteiger partial charge in [-0.15, -0.1) is 0 Å². The molecule has 0 atom stereocenters. The van der Waals surface area contributed by atoms with Gasteiger partial charge in [-0.3, -0.25) is 0 Å². The first-order chi connectivity index (χ1) is 13.0. The highest BCUT2D eigenvalue weighted by molar-refractivity contribution is 7.22. The van der Waals surface area contributed by atoms with E-state index in [1.165, 1.54) is 28.0 Å². The molecule has 1 fully saturated rings. The van der Waals surface area contributed by atoms with Crippen LogP contribution in [0.25, 0.3) is 10.2 Å². The van der Waals surface area contributed by atoms with Crippen LogP contribution >= 0.6 is 11.3 Å². The summed E-state index contributed by atoms with van der Waals surface area (Å²) in [5.41, 5.74) is 4.11. The van der Waals surface area contributed by atoms with Gasteiger partial charge in [0.15, 0.2) is 5.13 Å². The van der Waals surface area contributed by atoms with E-state index in [-0.39, 0.29) is 11.8 Å². The number of piperazine rings is 1. The van der Waals surface area contributed by atoms with E-state index in [2.05, 4.69) is 36.2 Å². The van der Waals surface area contributed by atoms with Crippen molar-refractivity contribution in [1.29, 1.82) is 0 Å². The van der Waals surface area contributed by atoms with Gasteiger partial charge in [0, 0.05) is 31.9 Å². The number of amides is 2. The average Bonchev–Trinajstić information content (AvgIpc) is 3.14. The second kappa shape index (κ2) is 7.15. The summed E-state index contributed by atoms with van der Waals surface area (Å²) in [6.45, 7) is 6.94. The molecular weight excluding hydrogens is 363 g/mol. The molecule has 3 aromatic rings. The van der Waals surface area contributed by atoms with Gasteiger partial charge in [-0.1, -0.05) is 23.5 Å². The third kappa shape index (κ3) is 3.60. The molecule has 7 heteroatoms. The number of aromatic nitrogens is 1. The van der Waals surface area contributed by atoms with Crippen molar-refractivity contribution in [3.05, 3.63) is 53.3 Å². The number of fused-ring (bicyclic) bond motifs is 1. The fourth-order valence-corrected chi connectivity index (χ4v) is 4.38. The van der Waals surface area contributed by atoms with Gasteiger partial charge in [0.25, 0.3) is 0 Å². The van der Waals surface area contributed by atoms with Gasteiger partial charge in [0.2, 0.25) is 0 Å². The summed E-state index contributed by atoms with van der Waals surface area (Å²) < 4.78 is 14.2. The van der Waals surface area contributed by atoms with Crippen LogP contribution in [0.4, 0.5) is 20.0 Å². The second-order valence-corrected chi connectivity index (χ2v) is 7.76. The fraction of sp³-hybridized carbons (Fsp3) is 0.300. The predicted molar refractivity (Wildman–Crippen MR) is 108 cm³/mol. The van der Waals surface area contributed by atoms with E-state index < -0.39 is 0 Å². The van der Waals surface area contributed by atoms with Crippen molar-refractivity contribution in [1.82, 2.24) is 9.88 Å². The predicted octanol–water partition coefficient (Wildman–Crippen LogP) is 4.41. The Kier molecular flexibility index (Phi) is 4.70. The molecule has 0 aliphatic carbocycles. The van der Waals surface area contributed by atoms with E-state index in [0.717, 1.165) is 23.7 Å². The summed E-state index contributed by atoms with van der Waals surface area (Å²) >= 11 is 1.72. The van der Waals surface area contributed by atoms with Crippen molar-refractivity contribution in [3.63, 3.8) is 0 Å². The molecule has 4 rings (SSSR count). The topological polar surface area (TPSA) is 48.5 Å². The molecule has 0 unspecified atom stereocenters. The number of aryl methyl sites for hydroxylation is 2. The van der Waals surface area contributed by atoms with Crippen LogP contribution < -0.4 is 10.2 Å². The summed E-state index contributed by atoms with van der Waals surface area (Å²) in [4.78, 5) is 21.3. The van der Waals surface area contributed by atoms with Crippen molar-refractivity contribution in [2.45, 2.75) is 13.8 Å². The lowest BCUT2D eigenvalue weighted by atomic mass is 10.1. The van der Waals surface area contributed by atoms with Crippen LogP contribution in [0, 0.1) is 19.7 Å². The van der Waals surface area contributed by atoms with Crippen molar-refractivity contribution in [2.24, 2.45) is 0 Å². The lowest BCUT2D eigenvalue weighted by Crippen LogP contribution is -2.50. The van der Waals surface area contributed by atoms with Crippen molar-refractivity contribution >= 4 is 38.4 Å². The maximum atomic E-state index is 13.0. The Morgan fingerprint density at radius 1 is 1.04 bits per heavy atom. The van der Waals surface area contributed by atoms with E-state index in [4.69, 9.17) is 4.98 Å². The van der Waals surface area contributed by atoms with Crippen molar-refractivity contribution in [2.75, 3.05) is 36.4 Å². The quantitative estimate of drug-likeness (QED) is 0.712. The molecule has 1 aromatic heterocycles. The third-order valence-electron chi connectivity index (χ3n) is 4.86. The molecule has 1 aliphatic heterocycles. The maximum Gasteiger partial charge on any atom is 0.321 e. The Hall–Kier alpha value is -2.67. The van der Waals surface area contributed by atoms with Crippen LogP contribution in [0.3, 0.4) is 0 Å². The highest BCUT2D eigenvalue weighted by Gasteiger charge is 2.23. The zero-order valence-corrected chi connectivity index (χ0v) is 16.1. The summed E-state index contributed by atoms with van der Waals surface area (Å²) in [5.74, 6) is -0.317. The molecule has 1 aliphatic rings. The average molecular weight is 384 g/mol. The minimum atomic E-state index is -0.317. The summed E-state index contributed by atoms with van der Waals surface area (Å²) in [6, 6.07) is 9.90. The highest BCUT2D eigenvalue weighted by atomic mass is 32.1. The number of hydrogen-bond acceptors (Lipinski definition) is 4. The van der Waals surface area contributed by atoms with Gasteiger partial charge >= 0.3 is 6.03 Å². The Labute approximate surface area is 161 Å². The van der Waals surface area contributed by atoms with Crippen LogP contribution in [-0.4, -0.2) is 42.1 Å². The molecule has 0 radical (unpaired) electrons. The minimum Gasteiger partial charge on any atom is -0.345 e. The molecule has 2 heterocycles. The number of urea groups is 1.